The zero-order chi connectivity index (χ0) is 9.68. The standard InChI is InChI=1S/C10H17N3/c1-9-3-4-10(12-7-9)8-13(2)6-5-11/h3-4,7H,5-6,8,11H2,1-2H3. The van der Waals surface area contributed by atoms with Crippen LogP contribution in [0.15, 0.2) is 18.3 Å². The fourth-order valence-electron chi connectivity index (χ4n) is 1.17. The van der Waals surface area contributed by atoms with E-state index < -0.39 is 0 Å². The van der Waals surface area contributed by atoms with E-state index >= 15 is 0 Å². The molecule has 0 bridgehead atoms. The molecular formula is C10H17N3. The molecule has 1 rings (SSSR count). The quantitative estimate of drug-likeness (QED) is 0.742. The minimum absolute atomic E-state index is 0.697. The van der Waals surface area contributed by atoms with Crippen molar-refractivity contribution in [1.82, 2.24) is 9.88 Å². The Hall–Kier alpha value is -0.930. The largest absolute Gasteiger partial charge is 0.329 e. The summed E-state index contributed by atoms with van der Waals surface area (Å²) in [6, 6.07) is 4.14. The lowest BCUT2D eigenvalue weighted by Crippen LogP contribution is -2.25. The highest BCUT2D eigenvalue weighted by molar-refractivity contribution is 5.11. The van der Waals surface area contributed by atoms with E-state index in [9.17, 15) is 0 Å². The Balaban J connectivity index is 2.49. The fourth-order valence-corrected chi connectivity index (χ4v) is 1.17. The number of aryl methyl sites for hydroxylation is 1. The molecule has 2 N–H and O–H groups in total. The zero-order valence-electron chi connectivity index (χ0n) is 8.33. The lowest BCUT2D eigenvalue weighted by molar-refractivity contribution is 0.332. The molecule has 0 saturated heterocycles. The van der Waals surface area contributed by atoms with E-state index in [0.29, 0.717) is 6.54 Å². The third-order valence-electron chi connectivity index (χ3n) is 1.92. The van der Waals surface area contributed by atoms with Gasteiger partial charge in [-0.05, 0) is 25.6 Å². The van der Waals surface area contributed by atoms with Gasteiger partial charge in [0.1, 0.15) is 0 Å². The molecule has 0 atom stereocenters. The lowest BCUT2D eigenvalue weighted by Gasteiger charge is -2.14. The van der Waals surface area contributed by atoms with E-state index in [1.54, 1.807) is 0 Å². The van der Waals surface area contributed by atoms with Crippen LogP contribution in [0.4, 0.5) is 0 Å². The zero-order valence-corrected chi connectivity index (χ0v) is 8.33. The third-order valence-corrected chi connectivity index (χ3v) is 1.92. The topological polar surface area (TPSA) is 42.1 Å². The first kappa shape index (κ1) is 10.2. The van der Waals surface area contributed by atoms with Gasteiger partial charge in [0.25, 0.3) is 0 Å². The number of hydrogen-bond acceptors (Lipinski definition) is 3. The maximum Gasteiger partial charge on any atom is 0.0544 e. The molecule has 0 radical (unpaired) electrons. The summed E-state index contributed by atoms with van der Waals surface area (Å²) in [6.07, 6.45) is 1.89. The van der Waals surface area contributed by atoms with Gasteiger partial charge in [0, 0.05) is 25.8 Å². The molecule has 1 aromatic heterocycles. The Kier molecular flexibility index (Phi) is 3.86. The monoisotopic (exact) mass is 179 g/mol. The van der Waals surface area contributed by atoms with Crippen LogP contribution in [0, 0.1) is 6.92 Å². The molecule has 72 valence electrons. The van der Waals surface area contributed by atoms with Crippen LogP contribution in [0.1, 0.15) is 11.3 Å². The van der Waals surface area contributed by atoms with Gasteiger partial charge in [-0.3, -0.25) is 9.88 Å². The highest BCUT2D eigenvalue weighted by Crippen LogP contribution is 2.00. The van der Waals surface area contributed by atoms with E-state index in [0.717, 1.165) is 18.8 Å². The van der Waals surface area contributed by atoms with Crippen LogP contribution in [0.2, 0.25) is 0 Å². The van der Waals surface area contributed by atoms with Crippen molar-refractivity contribution in [2.45, 2.75) is 13.5 Å². The maximum atomic E-state index is 5.45. The molecule has 0 amide bonds. The minimum atomic E-state index is 0.697. The molecule has 3 nitrogen and oxygen atoms in total. The molecule has 0 unspecified atom stereocenters. The van der Waals surface area contributed by atoms with Crippen molar-refractivity contribution in [3.8, 4) is 0 Å². The number of nitrogens with zero attached hydrogens (tertiary/aromatic N) is 2. The first-order valence-corrected chi connectivity index (χ1v) is 4.52. The number of pyridine rings is 1. The molecule has 0 saturated carbocycles. The summed E-state index contributed by atoms with van der Waals surface area (Å²) in [5.41, 5.74) is 7.74. The van der Waals surface area contributed by atoms with Gasteiger partial charge < -0.3 is 5.73 Å². The summed E-state index contributed by atoms with van der Waals surface area (Å²) in [4.78, 5) is 6.48. The van der Waals surface area contributed by atoms with Crippen LogP contribution in [0.25, 0.3) is 0 Å². The van der Waals surface area contributed by atoms with Crippen molar-refractivity contribution >= 4 is 0 Å². The van der Waals surface area contributed by atoms with Gasteiger partial charge >= 0.3 is 0 Å². The number of rotatable bonds is 4. The Labute approximate surface area is 79.6 Å². The first-order valence-electron chi connectivity index (χ1n) is 4.52. The van der Waals surface area contributed by atoms with E-state index in [4.69, 9.17) is 5.73 Å². The fraction of sp³-hybridized carbons (Fsp3) is 0.500. The molecule has 13 heavy (non-hydrogen) atoms. The summed E-state index contributed by atoms with van der Waals surface area (Å²) in [5.74, 6) is 0. The molecule has 1 aromatic rings. The second-order valence-corrected chi connectivity index (χ2v) is 3.35. The first-order chi connectivity index (χ1) is 6.22. The summed E-state index contributed by atoms with van der Waals surface area (Å²) in [5, 5.41) is 0. The van der Waals surface area contributed by atoms with Crippen LogP contribution in [0.5, 0.6) is 0 Å². The smallest absolute Gasteiger partial charge is 0.0544 e. The summed E-state index contributed by atoms with van der Waals surface area (Å²) in [7, 11) is 2.05. The number of aromatic nitrogens is 1. The van der Waals surface area contributed by atoms with Crippen molar-refractivity contribution in [2.75, 3.05) is 20.1 Å². The Morgan fingerprint density at radius 2 is 2.23 bits per heavy atom. The molecule has 0 aliphatic rings. The minimum Gasteiger partial charge on any atom is -0.329 e. The Morgan fingerprint density at radius 3 is 2.77 bits per heavy atom. The van der Waals surface area contributed by atoms with Gasteiger partial charge in [-0.1, -0.05) is 6.07 Å². The molecule has 0 aromatic carbocycles. The third kappa shape index (κ3) is 3.53. The normalized spacial score (nSPS) is 10.8. The molecule has 0 spiro atoms. The van der Waals surface area contributed by atoms with Crippen LogP contribution in [-0.4, -0.2) is 30.0 Å². The van der Waals surface area contributed by atoms with E-state index in [2.05, 4.69) is 22.0 Å². The van der Waals surface area contributed by atoms with Gasteiger partial charge in [0.15, 0.2) is 0 Å². The van der Waals surface area contributed by atoms with Crippen molar-refractivity contribution in [3.05, 3.63) is 29.6 Å². The van der Waals surface area contributed by atoms with Crippen molar-refractivity contribution in [2.24, 2.45) is 5.73 Å². The van der Waals surface area contributed by atoms with Crippen LogP contribution in [0.3, 0.4) is 0 Å². The summed E-state index contributed by atoms with van der Waals surface area (Å²) < 4.78 is 0. The Morgan fingerprint density at radius 1 is 1.46 bits per heavy atom. The SMILES string of the molecule is Cc1ccc(CN(C)CCN)nc1. The summed E-state index contributed by atoms with van der Waals surface area (Å²) >= 11 is 0. The molecule has 0 aliphatic carbocycles. The number of hydrogen-bond donors (Lipinski definition) is 1. The average molecular weight is 179 g/mol. The van der Waals surface area contributed by atoms with Crippen LogP contribution < -0.4 is 5.73 Å². The van der Waals surface area contributed by atoms with Gasteiger partial charge in [-0.2, -0.15) is 0 Å². The van der Waals surface area contributed by atoms with Crippen LogP contribution >= 0.6 is 0 Å². The van der Waals surface area contributed by atoms with Crippen molar-refractivity contribution < 1.29 is 0 Å². The number of likely N-dealkylation sites (N-methyl/N-ethyl adjacent to an activating group) is 1. The molecule has 0 fully saturated rings. The van der Waals surface area contributed by atoms with E-state index in [-0.39, 0.29) is 0 Å². The molecule has 0 aliphatic heterocycles. The summed E-state index contributed by atoms with van der Waals surface area (Å²) in [6.45, 7) is 4.52. The van der Waals surface area contributed by atoms with E-state index in [1.807, 2.05) is 20.2 Å². The van der Waals surface area contributed by atoms with E-state index in [1.165, 1.54) is 5.56 Å². The van der Waals surface area contributed by atoms with Crippen molar-refractivity contribution in [1.29, 1.82) is 0 Å². The van der Waals surface area contributed by atoms with Crippen molar-refractivity contribution in [3.63, 3.8) is 0 Å². The highest BCUT2D eigenvalue weighted by Gasteiger charge is 1.99. The number of nitrogens with two attached hydrogens (primary N) is 1. The molecular weight excluding hydrogens is 162 g/mol. The molecule has 3 heteroatoms. The lowest BCUT2D eigenvalue weighted by atomic mass is 10.2. The van der Waals surface area contributed by atoms with Gasteiger partial charge in [0.2, 0.25) is 0 Å². The maximum absolute atomic E-state index is 5.45. The predicted molar refractivity (Wildman–Crippen MR) is 54.4 cm³/mol. The predicted octanol–water partition coefficient (Wildman–Crippen LogP) is 0.781. The highest BCUT2D eigenvalue weighted by atomic mass is 15.1. The van der Waals surface area contributed by atoms with Gasteiger partial charge in [-0.15, -0.1) is 0 Å². The molecule has 1 heterocycles. The Bertz CT molecular complexity index is 243. The second-order valence-electron chi connectivity index (χ2n) is 3.35. The van der Waals surface area contributed by atoms with Crippen LogP contribution in [-0.2, 0) is 6.54 Å². The average Bonchev–Trinajstić information content (AvgIpc) is 2.09. The second kappa shape index (κ2) is 4.94. The van der Waals surface area contributed by atoms with Gasteiger partial charge in [-0.25, -0.2) is 0 Å². The van der Waals surface area contributed by atoms with Gasteiger partial charge in [0.05, 0.1) is 5.69 Å².